The molecule has 4 heteroatoms. The van der Waals surface area contributed by atoms with E-state index >= 15 is 0 Å². The SMILES string of the molecule is C=C(C)C(=O)CC(O)(C(=O)C(=C)C)C(=O)C(=C)C. The number of carbonyl (C=O) groups excluding carboxylic acids is 3. The van der Waals surface area contributed by atoms with Gasteiger partial charge in [0.1, 0.15) is 0 Å². The molecule has 0 saturated heterocycles. The van der Waals surface area contributed by atoms with Crippen LogP contribution in [0.25, 0.3) is 0 Å². The van der Waals surface area contributed by atoms with Gasteiger partial charge in [-0.1, -0.05) is 19.7 Å². The van der Waals surface area contributed by atoms with E-state index in [2.05, 4.69) is 19.7 Å². The Bertz CT molecular complexity index is 428. The maximum Gasteiger partial charge on any atom is 0.197 e. The number of carbonyl (C=O) groups is 3. The first kappa shape index (κ1) is 16.2. The van der Waals surface area contributed by atoms with E-state index in [4.69, 9.17) is 0 Å². The minimum Gasteiger partial charge on any atom is -0.374 e. The van der Waals surface area contributed by atoms with Gasteiger partial charge in [-0.25, -0.2) is 0 Å². The highest BCUT2D eigenvalue weighted by Crippen LogP contribution is 2.22. The van der Waals surface area contributed by atoms with E-state index in [9.17, 15) is 19.5 Å². The van der Waals surface area contributed by atoms with E-state index in [-0.39, 0.29) is 16.7 Å². The van der Waals surface area contributed by atoms with Crippen molar-refractivity contribution in [1.82, 2.24) is 0 Å². The number of ketones is 3. The summed E-state index contributed by atoms with van der Waals surface area (Å²) in [7, 11) is 0. The molecule has 1 N–H and O–H groups in total. The molecule has 0 aromatic carbocycles. The number of allylic oxidation sites excluding steroid dienone is 1. The Morgan fingerprint density at radius 2 is 1.22 bits per heavy atom. The number of aliphatic hydroxyl groups is 1. The van der Waals surface area contributed by atoms with Crippen molar-refractivity contribution < 1.29 is 19.5 Å². The Morgan fingerprint density at radius 1 is 0.889 bits per heavy atom. The first-order valence-corrected chi connectivity index (χ1v) is 5.35. The Morgan fingerprint density at radius 3 is 1.44 bits per heavy atom. The molecule has 0 unspecified atom stereocenters. The molecule has 0 saturated carbocycles. The molecule has 0 radical (unpaired) electrons. The summed E-state index contributed by atoms with van der Waals surface area (Å²) >= 11 is 0. The summed E-state index contributed by atoms with van der Waals surface area (Å²) in [5.41, 5.74) is -2.26. The van der Waals surface area contributed by atoms with Gasteiger partial charge in [-0.05, 0) is 37.5 Å². The molecule has 0 rings (SSSR count). The lowest BCUT2D eigenvalue weighted by molar-refractivity contribution is -0.149. The highest BCUT2D eigenvalue weighted by molar-refractivity contribution is 6.23. The van der Waals surface area contributed by atoms with Crippen molar-refractivity contribution in [3.05, 3.63) is 36.5 Å². The van der Waals surface area contributed by atoms with Crippen LogP contribution >= 0.6 is 0 Å². The minimum absolute atomic E-state index is 0.00150. The predicted molar refractivity (Wildman–Crippen MR) is 69.0 cm³/mol. The molecule has 4 nitrogen and oxygen atoms in total. The zero-order chi connectivity index (χ0) is 14.7. The van der Waals surface area contributed by atoms with E-state index in [1.54, 1.807) is 0 Å². The van der Waals surface area contributed by atoms with Crippen LogP contribution in [-0.2, 0) is 14.4 Å². The van der Waals surface area contributed by atoms with Gasteiger partial charge in [0.05, 0.1) is 6.42 Å². The highest BCUT2D eigenvalue weighted by atomic mass is 16.3. The van der Waals surface area contributed by atoms with Crippen molar-refractivity contribution in [2.45, 2.75) is 32.8 Å². The Kier molecular flexibility index (Phi) is 5.12. The zero-order valence-electron chi connectivity index (χ0n) is 11.0. The third kappa shape index (κ3) is 3.34. The second-order valence-electron chi connectivity index (χ2n) is 4.46. The quantitative estimate of drug-likeness (QED) is 0.549. The molecule has 0 aliphatic heterocycles. The second kappa shape index (κ2) is 5.69. The predicted octanol–water partition coefficient (Wildman–Crippen LogP) is 1.54. The summed E-state index contributed by atoms with van der Waals surface area (Å²) < 4.78 is 0. The Balaban J connectivity index is 5.56. The van der Waals surface area contributed by atoms with Gasteiger partial charge in [-0.2, -0.15) is 0 Å². The van der Waals surface area contributed by atoms with Crippen molar-refractivity contribution in [3.8, 4) is 0 Å². The molecule has 0 fully saturated rings. The van der Waals surface area contributed by atoms with Crippen LogP contribution in [0.5, 0.6) is 0 Å². The zero-order valence-corrected chi connectivity index (χ0v) is 11.0. The van der Waals surface area contributed by atoms with Gasteiger partial charge in [-0.15, -0.1) is 0 Å². The Labute approximate surface area is 107 Å². The number of rotatable bonds is 7. The van der Waals surface area contributed by atoms with Gasteiger partial charge in [0, 0.05) is 0 Å². The third-order valence-corrected chi connectivity index (χ3v) is 2.42. The average molecular weight is 250 g/mol. The van der Waals surface area contributed by atoms with Crippen molar-refractivity contribution >= 4 is 17.3 Å². The third-order valence-electron chi connectivity index (χ3n) is 2.42. The second-order valence-corrected chi connectivity index (χ2v) is 4.46. The van der Waals surface area contributed by atoms with Crippen LogP contribution < -0.4 is 0 Å². The van der Waals surface area contributed by atoms with E-state index in [1.165, 1.54) is 20.8 Å². The van der Waals surface area contributed by atoms with Crippen molar-refractivity contribution in [3.63, 3.8) is 0 Å². The summed E-state index contributed by atoms with van der Waals surface area (Å²) in [6.07, 6.45) is -0.639. The maximum atomic E-state index is 11.9. The van der Waals surface area contributed by atoms with Crippen molar-refractivity contribution in [2.24, 2.45) is 0 Å². The van der Waals surface area contributed by atoms with Gasteiger partial charge in [0.2, 0.25) is 0 Å². The van der Waals surface area contributed by atoms with Crippen molar-refractivity contribution in [1.29, 1.82) is 0 Å². The largest absolute Gasteiger partial charge is 0.374 e. The summed E-state index contributed by atoms with van der Waals surface area (Å²) in [5.74, 6) is -2.29. The van der Waals surface area contributed by atoms with Crippen molar-refractivity contribution in [2.75, 3.05) is 0 Å². The molecule has 0 aliphatic rings. The first-order valence-electron chi connectivity index (χ1n) is 5.35. The molecular weight excluding hydrogens is 232 g/mol. The van der Waals surface area contributed by atoms with E-state index < -0.39 is 29.4 Å². The highest BCUT2D eigenvalue weighted by Gasteiger charge is 2.45. The van der Waals surface area contributed by atoms with Crippen LogP contribution in [-0.4, -0.2) is 28.1 Å². The lowest BCUT2D eigenvalue weighted by Crippen LogP contribution is -2.49. The smallest absolute Gasteiger partial charge is 0.197 e. The first-order chi connectivity index (χ1) is 8.04. The summed E-state index contributed by atoms with van der Waals surface area (Å²) in [5, 5.41) is 10.2. The fraction of sp³-hybridized carbons (Fsp3) is 0.357. The monoisotopic (exact) mass is 250 g/mol. The minimum atomic E-state index is -2.42. The van der Waals surface area contributed by atoms with Gasteiger partial charge in [0.15, 0.2) is 23.0 Å². The Hall–Kier alpha value is -1.81. The molecule has 18 heavy (non-hydrogen) atoms. The average Bonchev–Trinajstić information content (AvgIpc) is 2.25. The van der Waals surface area contributed by atoms with Gasteiger partial charge >= 0.3 is 0 Å². The maximum absolute atomic E-state index is 11.9. The number of hydrogen-bond acceptors (Lipinski definition) is 4. The molecule has 98 valence electrons. The molecular formula is C14H18O4. The summed E-state index contributed by atoms with van der Waals surface area (Å²) in [6.45, 7) is 14.4. The number of hydrogen-bond donors (Lipinski definition) is 1. The van der Waals surface area contributed by atoms with Crippen LogP contribution in [0.2, 0.25) is 0 Å². The normalized spacial score (nSPS) is 10.7. The van der Waals surface area contributed by atoms with Crippen LogP contribution in [0.3, 0.4) is 0 Å². The van der Waals surface area contributed by atoms with Crippen LogP contribution in [0.15, 0.2) is 36.5 Å². The standard InChI is InChI=1S/C14H18O4/c1-8(2)11(15)7-14(18,12(16)9(3)4)13(17)10(5)6/h18H,1,3,5,7H2,2,4,6H3. The van der Waals surface area contributed by atoms with Crippen LogP contribution in [0, 0.1) is 0 Å². The summed E-state index contributed by atoms with van der Waals surface area (Å²) in [6, 6.07) is 0. The summed E-state index contributed by atoms with van der Waals surface area (Å²) in [4.78, 5) is 35.3. The molecule has 0 aliphatic carbocycles. The van der Waals surface area contributed by atoms with Gasteiger partial charge in [-0.3, -0.25) is 14.4 Å². The molecule has 0 amide bonds. The molecule has 0 aromatic rings. The van der Waals surface area contributed by atoms with Crippen LogP contribution in [0.1, 0.15) is 27.2 Å². The fourth-order valence-corrected chi connectivity index (χ4v) is 1.35. The lowest BCUT2D eigenvalue weighted by atomic mass is 9.82. The molecule has 0 heterocycles. The van der Waals surface area contributed by atoms with Gasteiger partial charge < -0.3 is 5.11 Å². The fourth-order valence-electron chi connectivity index (χ4n) is 1.35. The number of Topliss-reactive ketones (excluding diaryl/α,β-unsaturated/α-hetero) is 3. The van der Waals surface area contributed by atoms with Crippen LogP contribution in [0.4, 0.5) is 0 Å². The molecule has 0 bridgehead atoms. The lowest BCUT2D eigenvalue weighted by Gasteiger charge is -2.24. The van der Waals surface area contributed by atoms with E-state index in [1.807, 2.05) is 0 Å². The molecule has 0 spiro atoms. The van der Waals surface area contributed by atoms with E-state index in [0.717, 1.165) is 0 Å². The van der Waals surface area contributed by atoms with Gasteiger partial charge in [0.25, 0.3) is 0 Å². The molecule has 0 atom stereocenters. The topological polar surface area (TPSA) is 71.4 Å². The molecule has 0 aromatic heterocycles. The van der Waals surface area contributed by atoms with E-state index in [0.29, 0.717) is 0 Å².